The average Bonchev–Trinajstić information content (AvgIpc) is 3.40. The van der Waals surface area contributed by atoms with Gasteiger partial charge in [-0.3, -0.25) is 4.79 Å². The Morgan fingerprint density at radius 3 is 2.57 bits per heavy atom. The van der Waals surface area contributed by atoms with Crippen LogP contribution < -0.4 is 5.32 Å². The van der Waals surface area contributed by atoms with E-state index in [2.05, 4.69) is 10.4 Å². The summed E-state index contributed by atoms with van der Waals surface area (Å²) in [7, 11) is -3.63. The first kappa shape index (κ1) is 21.1. The molecule has 1 saturated heterocycles. The predicted molar refractivity (Wildman–Crippen MR) is 116 cm³/mol. The maximum Gasteiger partial charge on any atom is 0.257 e. The molecule has 0 bridgehead atoms. The van der Waals surface area contributed by atoms with E-state index in [9.17, 15) is 13.2 Å². The number of amides is 1. The molecule has 1 N–H and O–H groups in total. The number of benzene rings is 1. The highest BCUT2D eigenvalue weighted by Crippen LogP contribution is 2.31. The van der Waals surface area contributed by atoms with E-state index in [0.717, 1.165) is 37.7 Å². The first-order valence-corrected chi connectivity index (χ1v) is 12.3. The van der Waals surface area contributed by atoms with Crippen molar-refractivity contribution in [1.29, 1.82) is 0 Å². The van der Waals surface area contributed by atoms with Gasteiger partial charge >= 0.3 is 0 Å². The van der Waals surface area contributed by atoms with Crippen molar-refractivity contribution in [1.82, 2.24) is 14.1 Å². The molecular formula is C22H30N4O3S. The third kappa shape index (κ3) is 4.03. The number of anilines is 1. The first-order chi connectivity index (χ1) is 14.4. The Labute approximate surface area is 178 Å². The average molecular weight is 431 g/mol. The predicted octanol–water partition coefficient (Wildman–Crippen LogP) is 4.12. The molecule has 1 aliphatic carbocycles. The van der Waals surface area contributed by atoms with Crippen LogP contribution in [0.3, 0.4) is 0 Å². The summed E-state index contributed by atoms with van der Waals surface area (Å²) in [6.07, 6.45) is 8.94. The van der Waals surface area contributed by atoms with Gasteiger partial charge in [-0.25, -0.2) is 13.1 Å². The third-order valence-electron chi connectivity index (χ3n) is 6.38. The maximum absolute atomic E-state index is 13.2. The van der Waals surface area contributed by atoms with Crippen molar-refractivity contribution in [2.75, 3.05) is 11.9 Å². The Balaban J connectivity index is 1.59. The lowest BCUT2D eigenvalue weighted by Gasteiger charge is -2.32. The smallest absolute Gasteiger partial charge is 0.257 e. The van der Waals surface area contributed by atoms with Crippen molar-refractivity contribution in [2.24, 2.45) is 0 Å². The van der Waals surface area contributed by atoms with Crippen LogP contribution in [0.15, 0.2) is 35.4 Å². The quantitative estimate of drug-likeness (QED) is 0.773. The molecular weight excluding hydrogens is 400 g/mol. The molecule has 1 aromatic carbocycles. The second-order valence-corrected chi connectivity index (χ2v) is 10.4. The van der Waals surface area contributed by atoms with E-state index in [1.807, 2.05) is 18.5 Å². The molecule has 1 atom stereocenters. The highest BCUT2D eigenvalue weighted by molar-refractivity contribution is 7.89. The number of aryl methyl sites for hydroxylation is 1. The summed E-state index contributed by atoms with van der Waals surface area (Å²) < 4.78 is 29.9. The second-order valence-electron chi connectivity index (χ2n) is 8.49. The van der Waals surface area contributed by atoms with Crippen LogP contribution in [-0.2, 0) is 10.0 Å². The van der Waals surface area contributed by atoms with Crippen molar-refractivity contribution in [3.63, 3.8) is 0 Å². The second kappa shape index (κ2) is 8.51. The lowest BCUT2D eigenvalue weighted by Crippen LogP contribution is -2.42. The fourth-order valence-corrected chi connectivity index (χ4v) is 6.33. The molecule has 7 nitrogen and oxygen atoms in total. The van der Waals surface area contributed by atoms with Crippen LogP contribution in [0.4, 0.5) is 5.82 Å². The Hall–Kier alpha value is -2.19. The van der Waals surface area contributed by atoms with Gasteiger partial charge in [0, 0.05) is 24.2 Å². The van der Waals surface area contributed by atoms with Gasteiger partial charge in [0.15, 0.2) is 0 Å². The minimum Gasteiger partial charge on any atom is -0.307 e. The number of piperidine rings is 1. The van der Waals surface area contributed by atoms with Crippen LogP contribution in [0.2, 0.25) is 0 Å². The molecule has 4 rings (SSSR count). The monoisotopic (exact) mass is 430 g/mol. The van der Waals surface area contributed by atoms with Gasteiger partial charge < -0.3 is 5.32 Å². The Bertz CT molecular complexity index is 1020. The SMILES string of the molecule is Cc1ccc(S(=O)(=O)N2CCCCC2C)cc1C(=O)Nc1ccnn1C1CCCC1. The molecule has 2 aliphatic rings. The van der Waals surface area contributed by atoms with Gasteiger partial charge in [-0.1, -0.05) is 25.3 Å². The largest absolute Gasteiger partial charge is 0.307 e. The van der Waals surface area contributed by atoms with E-state index in [1.54, 1.807) is 28.7 Å². The molecule has 1 saturated carbocycles. The number of nitrogens with one attached hydrogen (secondary N) is 1. The minimum atomic E-state index is -3.63. The lowest BCUT2D eigenvalue weighted by atomic mass is 10.1. The molecule has 2 aromatic rings. The van der Waals surface area contributed by atoms with Crippen LogP contribution in [0.5, 0.6) is 0 Å². The van der Waals surface area contributed by atoms with Crippen LogP contribution in [0.25, 0.3) is 0 Å². The van der Waals surface area contributed by atoms with E-state index in [0.29, 0.717) is 24.0 Å². The van der Waals surface area contributed by atoms with Crippen LogP contribution in [0, 0.1) is 6.92 Å². The van der Waals surface area contributed by atoms with Crippen molar-refractivity contribution >= 4 is 21.7 Å². The Morgan fingerprint density at radius 1 is 1.10 bits per heavy atom. The zero-order valence-electron chi connectivity index (χ0n) is 17.7. The fraction of sp³-hybridized carbons (Fsp3) is 0.545. The van der Waals surface area contributed by atoms with Crippen molar-refractivity contribution in [3.05, 3.63) is 41.6 Å². The van der Waals surface area contributed by atoms with Crippen LogP contribution in [-0.4, -0.2) is 41.0 Å². The molecule has 162 valence electrons. The molecule has 2 fully saturated rings. The summed E-state index contributed by atoms with van der Waals surface area (Å²) in [6.45, 7) is 4.30. The number of sulfonamides is 1. The van der Waals surface area contributed by atoms with E-state index in [1.165, 1.54) is 18.9 Å². The lowest BCUT2D eigenvalue weighted by molar-refractivity contribution is 0.102. The van der Waals surface area contributed by atoms with E-state index < -0.39 is 10.0 Å². The fourth-order valence-electron chi connectivity index (χ4n) is 4.61. The third-order valence-corrected chi connectivity index (χ3v) is 8.39. The molecule has 8 heteroatoms. The first-order valence-electron chi connectivity index (χ1n) is 10.9. The molecule has 2 heterocycles. The minimum absolute atomic E-state index is 0.0249. The highest BCUT2D eigenvalue weighted by Gasteiger charge is 2.31. The number of rotatable bonds is 5. The van der Waals surface area contributed by atoms with Gasteiger partial charge in [0.1, 0.15) is 5.82 Å². The van der Waals surface area contributed by atoms with Crippen molar-refractivity contribution < 1.29 is 13.2 Å². The van der Waals surface area contributed by atoms with Gasteiger partial charge in [0.05, 0.1) is 17.1 Å². The molecule has 1 aliphatic heterocycles. The Kier molecular flexibility index (Phi) is 5.97. The Morgan fingerprint density at radius 2 is 1.83 bits per heavy atom. The topological polar surface area (TPSA) is 84.3 Å². The van der Waals surface area contributed by atoms with Gasteiger partial charge in [-0.2, -0.15) is 9.40 Å². The van der Waals surface area contributed by atoms with Gasteiger partial charge in [0.2, 0.25) is 10.0 Å². The van der Waals surface area contributed by atoms with E-state index in [4.69, 9.17) is 0 Å². The zero-order chi connectivity index (χ0) is 21.3. The molecule has 0 spiro atoms. The van der Waals surface area contributed by atoms with Gasteiger partial charge in [-0.05, 0) is 57.2 Å². The van der Waals surface area contributed by atoms with Crippen molar-refractivity contribution in [2.45, 2.75) is 75.8 Å². The van der Waals surface area contributed by atoms with Crippen molar-refractivity contribution in [3.8, 4) is 0 Å². The number of aromatic nitrogens is 2. The molecule has 1 aromatic heterocycles. The summed E-state index contributed by atoms with van der Waals surface area (Å²) >= 11 is 0. The number of carbonyl (C=O) groups is 1. The van der Waals surface area contributed by atoms with E-state index >= 15 is 0 Å². The molecule has 1 unspecified atom stereocenters. The van der Waals surface area contributed by atoms with Crippen LogP contribution >= 0.6 is 0 Å². The summed E-state index contributed by atoms with van der Waals surface area (Å²) in [5, 5.41) is 7.34. The summed E-state index contributed by atoms with van der Waals surface area (Å²) in [6, 6.07) is 6.90. The number of carbonyl (C=O) groups excluding carboxylic acids is 1. The number of nitrogens with zero attached hydrogens (tertiary/aromatic N) is 3. The molecule has 30 heavy (non-hydrogen) atoms. The van der Waals surface area contributed by atoms with Gasteiger partial charge in [-0.15, -0.1) is 0 Å². The summed E-state index contributed by atoms with van der Waals surface area (Å²) in [4.78, 5) is 13.2. The maximum atomic E-state index is 13.2. The van der Waals surface area contributed by atoms with E-state index in [-0.39, 0.29) is 16.8 Å². The van der Waals surface area contributed by atoms with Crippen LogP contribution in [0.1, 0.15) is 73.8 Å². The number of hydrogen-bond donors (Lipinski definition) is 1. The molecule has 1 amide bonds. The zero-order valence-corrected chi connectivity index (χ0v) is 18.5. The normalized spacial score (nSPS) is 21.1. The summed E-state index contributed by atoms with van der Waals surface area (Å²) in [5.41, 5.74) is 1.12. The highest BCUT2D eigenvalue weighted by atomic mass is 32.2. The summed E-state index contributed by atoms with van der Waals surface area (Å²) in [5.74, 6) is 0.347. The number of hydrogen-bond acceptors (Lipinski definition) is 4. The molecule has 0 radical (unpaired) electrons. The standard InChI is InChI=1S/C22H30N4O3S/c1-16-10-11-19(30(28,29)25-14-6-5-7-17(25)2)15-20(16)22(27)24-21-12-13-23-26(21)18-8-3-4-9-18/h10-13,15,17-18H,3-9,14H2,1-2H3,(H,24,27). The van der Waals surface area contributed by atoms with Gasteiger partial charge in [0.25, 0.3) is 5.91 Å².